The highest BCUT2D eigenvalue weighted by molar-refractivity contribution is 6.12. The number of primary amides is 1. The number of terminal acetylenes is 1. The van der Waals surface area contributed by atoms with E-state index in [0.29, 0.717) is 18.7 Å². The number of ether oxygens (including phenoxy) is 2. The highest BCUT2D eigenvalue weighted by Gasteiger charge is 2.29. The van der Waals surface area contributed by atoms with Crippen LogP contribution in [0.1, 0.15) is 44.2 Å². The van der Waals surface area contributed by atoms with Gasteiger partial charge in [0.1, 0.15) is 18.7 Å². The van der Waals surface area contributed by atoms with Crippen LogP contribution >= 0.6 is 0 Å². The van der Waals surface area contributed by atoms with Crippen LogP contribution < -0.4 is 27.0 Å². The van der Waals surface area contributed by atoms with E-state index in [9.17, 15) is 28.8 Å². The summed E-state index contributed by atoms with van der Waals surface area (Å²) in [6.45, 7) is 4.83. The van der Waals surface area contributed by atoms with Gasteiger partial charge in [-0.15, -0.1) is 6.42 Å². The molecule has 2 atom stereocenters. The molecule has 1 aliphatic rings. The molecule has 48 heavy (non-hydrogen) atoms. The van der Waals surface area contributed by atoms with E-state index in [0.717, 1.165) is 16.0 Å². The second-order valence-corrected chi connectivity index (χ2v) is 11.7. The molecule has 262 valence electrons. The zero-order valence-electron chi connectivity index (χ0n) is 28.0. The Morgan fingerprint density at radius 2 is 1.71 bits per heavy atom. The van der Waals surface area contributed by atoms with Crippen molar-refractivity contribution in [3.05, 3.63) is 41.5 Å². The molecule has 0 bridgehead atoms. The molecule has 0 fully saturated rings. The first kappa shape index (κ1) is 39.4. The Bertz CT molecular complexity index is 1350. The number of hydrogen-bond acceptors (Lipinski definition) is 9. The lowest BCUT2D eigenvalue weighted by Crippen LogP contribution is -2.54. The lowest BCUT2D eigenvalue weighted by Gasteiger charge is -2.25. The van der Waals surface area contributed by atoms with Gasteiger partial charge in [-0.1, -0.05) is 25.8 Å². The van der Waals surface area contributed by atoms with Crippen LogP contribution in [0.15, 0.2) is 30.4 Å². The first-order valence-electron chi connectivity index (χ1n) is 15.6. The van der Waals surface area contributed by atoms with Crippen LogP contribution in [0.2, 0.25) is 0 Å². The minimum absolute atomic E-state index is 0.00288. The number of amides is 7. The number of hydrogen-bond donors (Lipinski definition) is 5. The van der Waals surface area contributed by atoms with E-state index < -0.39 is 47.7 Å². The highest BCUT2D eigenvalue weighted by atomic mass is 16.5. The molecule has 1 heterocycles. The number of urea groups is 1. The van der Waals surface area contributed by atoms with Gasteiger partial charge < -0.3 is 41.4 Å². The van der Waals surface area contributed by atoms with Crippen LogP contribution in [-0.2, 0) is 46.6 Å². The zero-order chi connectivity index (χ0) is 35.6. The molecule has 1 aliphatic heterocycles. The van der Waals surface area contributed by atoms with Crippen molar-refractivity contribution in [1.82, 2.24) is 25.8 Å². The lowest BCUT2D eigenvalue weighted by molar-refractivity contribution is -0.138. The van der Waals surface area contributed by atoms with Crippen LogP contribution in [0.3, 0.4) is 0 Å². The molecule has 0 saturated carbocycles. The summed E-state index contributed by atoms with van der Waals surface area (Å²) in [6.07, 6.45) is 8.10. The van der Waals surface area contributed by atoms with Crippen molar-refractivity contribution >= 4 is 41.3 Å². The van der Waals surface area contributed by atoms with Crippen molar-refractivity contribution in [3.8, 4) is 12.3 Å². The number of benzene rings is 1. The number of imide groups is 1. The molecular formula is C33H47N7O8. The fraction of sp³-hybridized carbons (Fsp3) is 0.515. The van der Waals surface area contributed by atoms with Gasteiger partial charge in [-0.2, -0.15) is 0 Å². The predicted molar refractivity (Wildman–Crippen MR) is 178 cm³/mol. The van der Waals surface area contributed by atoms with Gasteiger partial charge in [0.05, 0.1) is 26.4 Å². The van der Waals surface area contributed by atoms with Crippen molar-refractivity contribution in [1.29, 1.82) is 0 Å². The Hall–Kier alpha value is -4.78. The van der Waals surface area contributed by atoms with E-state index in [4.69, 9.17) is 21.6 Å². The van der Waals surface area contributed by atoms with Crippen LogP contribution in [0.5, 0.6) is 0 Å². The molecule has 0 aliphatic carbocycles. The predicted octanol–water partition coefficient (Wildman–Crippen LogP) is 0.242. The molecule has 0 aromatic heterocycles. The van der Waals surface area contributed by atoms with Crippen LogP contribution in [0, 0.1) is 18.3 Å². The second kappa shape index (κ2) is 20.5. The minimum Gasteiger partial charge on any atom is -0.379 e. The molecule has 15 heteroatoms. The molecule has 2 rings (SSSR count). The largest absolute Gasteiger partial charge is 0.379 e. The average Bonchev–Trinajstić information content (AvgIpc) is 3.34. The molecule has 7 amide bonds. The maximum Gasteiger partial charge on any atom is 0.312 e. The van der Waals surface area contributed by atoms with Gasteiger partial charge in [0.15, 0.2) is 0 Å². The van der Waals surface area contributed by atoms with Crippen molar-refractivity contribution in [2.24, 2.45) is 11.7 Å². The molecule has 1 aromatic rings. The number of nitrogens with one attached hydrogen (secondary N) is 4. The summed E-state index contributed by atoms with van der Waals surface area (Å²) in [5.74, 6) is -0.251. The molecular weight excluding hydrogens is 622 g/mol. The van der Waals surface area contributed by atoms with E-state index in [-0.39, 0.29) is 58.3 Å². The Kier molecular flexibility index (Phi) is 16.8. The molecule has 0 saturated heterocycles. The first-order valence-corrected chi connectivity index (χ1v) is 15.6. The Morgan fingerprint density at radius 3 is 2.33 bits per heavy atom. The van der Waals surface area contributed by atoms with Gasteiger partial charge in [0.25, 0.3) is 11.8 Å². The van der Waals surface area contributed by atoms with Crippen molar-refractivity contribution in [2.45, 2.75) is 58.3 Å². The van der Waals surface area contributed by atoms with E-state index in [1.165, 1.54) is 12.2 Å². The highest BCUT2D eigenvalue weighted by Crippen LogP contribution is 2.19. The number of carbonyl (C=O) groups is 6. The molecule has 1 aromatic carbocycles. The molecule has 1 unspecified atom stereocenters. The third-order valence-electron chi connectivity index (χ3n) is 7.10. The Balaban J connectivity index is 2.05. The number of nitrogens with zero attached hydrogens (tertiary/aromatic N) is 2. The van der Waals surface area contributed by atoms with E-state index in [1.54, 1.807) is 26.0 Å². The fourth-order valence-electron chi connectivity index (χ4n) is 4.69. The quantitative estimate of drug-likeness (QED) is 0.0691. The van der Waals surface area contributed by atoms with Gasteiger partial charge in [-0.05, 0) is 56.1 Å². The molecule has 0 spiro atoms. The Morgan fingerprint density at radius 1 is 1.00 bits per heavy atom. The third-order valence-corrected chi connectivity index (χ3v) is 7.10. The van der Waals surface area contributed by atoms with Gasteiger partial charge in [-0.3, -0.25) is 28.9 Å². The first-order chi connectivity index (χ1) is 22.8. The van der Waals surface area contributed by atoms with E-state index in [2.05, 4.69) is 27.2 Å². The summed E-state index contributed by atoms with van der Waals surface area (Å²) in [6, 6.07) is 2.74. The summed E-state index contributed by atoms with van der Waals surface area (Å²) in [7, 11) is 3.87. The second-order valence-electron chi connectivity index (χ2n) is 11.7. The summed E-state index contributed by atoms with van der Waals surface area (Å²) in [5, 5.41) is 10.8. The number of anilines is 1. The smallest absolute Gasteiger partial charge is 0.312 e. The van der Waals surface area contributed by atoms with Gasteiger partial charge >= 0.3 is 6.03 Å². The van der Waals surface area contributed by atoms with Gasteiger partial charge in [0, 0.05) is 37.3 Å². The number of rotatable bonds is 21. The van der Waals surface area contributed by atoms with Crippen molar-refractivity contribution < 1.29 is 38.2 Å². The minimum atomic E-state index is -1.01. The van der Waals surface area contributed by atoms with Crippen LogP contribution in [-0.4, -0.2) is 104 Å². The fourth-order valence-corrected chi connectivity index (χ4v) is 4.69. The van der Waals surface area contributed by atoms with Crippen molar-refractivity contribution in [3.63, 3.8) is 0 Å². The van der Waals surface area contributed by atoms with Crippen LogP contribution in [0.4, 0.5) is 10.5 Å². The third kappa shape index (κ3) is 13.9. The van der Waals surface area contributed by atoms with Crippen molar-refractivity contribution in [2.75, 3.05) is 52.3 Å². The standard InChI is InChI=1S/C33H47N7O8/c1-6-16-48-21-24-19-25(10-9-23(24)20-39(4)5)36-31(44)26(8-7-14-35-33(34)46)37-32(45)30(22(2)3)38-27(41)13-17-47-18-15-40-28(42)11-12-29(40)43/h1,9-12,19,22,26,30H,7-8,13-18,20-21H2,2-5H3,(H,36,44)(H,37,45)(H,38,41)(H3,34,35,46)/t26-,30?/m0/s1. The van der Waals surface area contributed by atoms with E-state index >= 15 is 0 Å². The SMILES string of the molecule is C#CCOCc1cc(NC(=O)[C@H](CCCNC(N)=O)NC(=O)C(NC(=O)CCOCCN2C(=O)C=CC2=O)C(C)C)ccc1CN(C)C. The zero-order valence-corrected chi connectivity index (χ0v) is 28.0. The molecule has 6 N–H and O–H groups in total. The average molecular weight is 670 g/mol. The van der Waals surface area contributed by atoms with Crippen LogP contribution in [0.25, 0.3) is 0 Å². The summed E-state index contributed by atoms with van der Waals surface area (Å²) in [4.78, 5) is 77.0. The number of carbonyl (C=O) groups excluding carboxylic acids is 6. The normalized spacial score (nSPS) is 13.7. The summed E-state index contributed by atoms with van der Waals surface area (Å²) < 4.78 is 10.9. The summed E-state index contributed by atoms with van der Waals surface area (Å²) in [5.41, 5.74) is 7.47. The lowest BCUT2D eigenvalue weighted by atomic mass is 10.0. The molecule has 0 radical (unpaired) electrons. The number of nitrogens with two attached hydrogens (primary N) is 1. The monoisotopic (exact) mass is 669 g/mol. The van der Waals surface area contributed by atoms with Gasteiger partial charge in [-0.25, -0.2) is 4.79 Å². The maximum atomic E-state index is 13.5. The maximum absolute atomic E-state index is 13.5. The van der Waals surface area contributed by atoms with Gasteiger partial charge in [0.2, 0.25) is 17.7 Å². The Labute approximate surface area is 281 Å². The topological polar surface area (TPSA) is 201 Å². The van der Waals surface area contributed by atoms with E-state index in [1.807, 2.05) is 25.1 Å². The molecule has 15 nitrogen and oxygen atoms in total. The summed E-state index contributed by atoms with van der Waals surface area (Å²) >= 11 is 0.